The van der Waals surface area contributed by atoms with E-state index >= 15 is 0 Å². The Balaban J connectivity index is 2.25. The number of hydrogen-bond acceptors (Lipinski definition) is 1. The van der Waals surface area contributed by atoms with Crippen molar-refractivity contribution in [1.29, 1.82) is 0 Å². The normalized spacial score (nSPS) is 12.3. The van der Waals surface area contributed by atoms with E-state index in [4.69, 9.17) is 0 Å². The van der Waals surface area contributed by atoms with Crippen molar-refractivity contribution in [3.8, 4) is 0 Å². The lowest BCUT2D eigenvalue weighted by atomic mass is 9.97. The van der Waals surface area contributed by atoms with E-state index in [0.717, 1.165) is 19.4 Å². The highest BCUT2D eigenvalue weighted by atomic mass is 127. The maximum absolute atomic E-state index is 3.70. The maximum atomic E-state index is 3.70. The van der Waals surface area contributed by atoms with Crippen molar-refractivity contribution in [2.75, 3.05) is 6.54 Å². The van der Waals surface area contributed by atoms with Gasteiger partial charge in [-0.25, -0.2) is 0 Å². The number of hydrogen-bond donors (Lipinski definition) is 1. The van der Waals surface area contributed by atoms with Crippen molar-refractivity contribution in [3.63, 3.8) is 0 Å². The Labute approximate surface area is 135 Å². The molecule has 20 heavy (non-hydrogen) atoms. The van der Waals surface area contributed by atoms with Crippen LogP contribution in [0.2, 0.25) is 0 Å². The lowest BCUT2D eigenvalue weighted by Crippen LogP contribution is -2.25. The minimum atomic E-state index is 0.393. The van der Waals surface area contributed by atoms with E-state index in [9.17, 15) is 0 Å². The Kier molecular flexibility index (Phi) is 6.05. The van der Waals surface area contributed by atoms with Gasteiger partial charge < -0.3 is 5.32 Å². The van der Waals surface area contributed by atoms with Crippen molar-refractivity contribution < 1.29 is 0 Å². The average Bonchev–Trinajstić information content (AvgIpc) is 2.48. The molecule has 1 atom stereocenters. The topological polar surface area (TPSA) is 12.0 Å². The molecule has 0 aliphatic carbocycles. The van der Waals surface area contributed by atoms with Crippen molar-refractivity contribution in [1.82, 2.24) is 5.32 Å². The van der Waals surface area contributed by atoms with Crippen LogP contribution in [-0.2, 0) is 6.42 Å². The fourth-order valence-electron chi connectivity index (χ4n) is 2.40. The summed E-state index contributed by atoms with van der Waals surface area (Å²) in [5.74, 6) is 0. The van der Waals surface area contributed by atoms with Crippen LogP contribution in [-0.4, -0.2) is 6.54 Å². The van der Waals surface area contributed by atoms with Gasteiger partial charge in [-0.05, 0) is 65.6 Å². The summed E-state index contributed by atoms with van der Waals surface area (Å²) in [6.45, 7) is 5.46. The Bertz CT molecular complexity index is 536. The first-order valence-electron chi connectivity index (χ1n) is 7.24. The molecule has 2 heteroatoms. The predicted octanol–water partition coefficient (Wildman–Crippen LogP) is 4.88. The van der Waals surface area contributed by atoms with Gasteiger partial charge in [-0.15, -0.1) is 0 Å². The molecule has 2 rings (SSSR count). The number of aryl methyl sites for hydroxylation is 1. The zero-order chi connectivity index (χ0) is 14.4. The highest BCUT2D eigenvalue weighted by Gasteiger charge is 2.15. The molecule has 2 aromatic rings. The van der Waals surface area contributed by atoms with Gasteiger partial charge in [0.1, 0.15) is 0 Å². The molecule has 0 fully saturated rings. The summed E-state index contributed by atoms with van der Waals surface area (Å²) in [5.41, 5.74) is 4.17. The Morgan fingerprint density at radius 2 is 1.80 bits per heavy atom. The van der Waals surface area contributed by atoms with Crippen LogP contribution in [0.4, 0.5) is 0 Å². The van der Waals surface area contributed by atoms with Crippen LogP contribution in [0.25, 0.3) is 0 Å². The Morgan fingerprint density at radius 3 is 2.50 bits per heavy atom. The standard InChI is InChI=1S/C18H22IN/c1-3-12-20-17(13-15-9-5-4-6-10-15)16-11-7-8-14(2)18(16)19/h4-11,17,20H,3,12-13H2,1-2H3. The molecule has 0 aliphatic heterocycles. The molecule has 0 radical (unpaired) electrons. The summed E-state index contributed by atoms with van der Waals surface area (Å²) in [4.78, 5) is 0. The Hall–Kier alpha value is -0.870. The summed E-state index contributed by atoms with van der Waals surface area (Å²) < 4.78 is 1.38. The smallest absolute Gasteiger partial charge is 0.0371 e. The predicted molar refractivity (Wildman–Crippen MR) is 95.1 cm³/mol. The molecule has 0 heterocycles. The van der Waals surface area contributed by atoms with Crippen LogP contribution in [0, 0.1) is 10.5 Å². The second-order valence-electron chi connectivity index (χ2n) is 5.17. The van der Waals surface area contributed by atoms with Crippen LogP contribution in [0.3, 0.4) is 0 Å². The van der Waals surface area contributed by atoms with Crippen molar-refractivity contribution >= 4 is 22.6 Å². The third-order valence-corrected chi connectivity index (χ3v) is 4.99. The van der Waals surface area contributed by atoms with E-state index in [-0.39, 0.29) is 0 Å². The summed E-state index contributed by atoms with van der Waals surface area (Å²) in [7, 11) is 0. The number of nitrogens with one attached hydrogen (secondary N) is 1. The van der Waals surface area contributed by atoms with Gasteiger partial charge in [0.2, 0.25) is 0 Å². The first-order valence-corrected chi connectivity index (χ1v) is 8.32. The third kappa shape index (κ3) is 4.06. The van der Waals surface area contributed by atoms with E-state index < -0.39 is 0 Å². The SMILES string of the molecule is CCCNC(Cc1ccccc1)c1cccc(C)c1I. The first-order chi connectivity index (χ1) is 9.72. The van der Waals surface area contributed by atoms with Crippen molar-refractivity contribution in [2.24, 2.45) is 0 Å². The van der Waals surface area contributed by atoms with Crippen LogP contribution < -0.4 is 5.32 Å². The second kappa shape index (κ2) is 7.79. The summed E-state index contributed by atoms with van der Waals surface area (Å²) >= 11 is 2.47. The monoisotopic (exact) mass is 379 g/mol. The molecule has 1 unspecified atom stereocenters. The number of benzene rings is 2. The fourth-order valence-corrected chi connectivity index (χ4v) is 3.14. The number of rotatable bonds is 6. The molecule has 2 aromatic carbocycles. The lowest BCUT2D eigenvalue weighted by molar-refractivity contribution is 0.527. The van der Waals surface area contributed by atoms with Gasteiger partial charge in [0.05, 0.1) is 0 Å². The van der Waals surface area contributed by atoms with Crippen molar-refractivity contribution in [3.05, 3.63) is 68.8 Å². The quantitative estimate of drug-likeness (QED) is 0.706. The zero-order valence-corrected chi connectivity index (χ0v) is 14.4. The van der Waals surface area contributed by atoms with Gasteiger partial charge in [-0.3, -0.25) is 0 Å². The van der Waals surface area contributed by atoms with E-state index in [1.807, 2.05) is 0 Å². The largest absolute Gasteiger partial charge is 0.310 e. The van der Waals surface area contributed by atoms with Gasteiger partial charge in [-0.2, -0.15) is 0 Å². The molecule has 0 saturated carbocycles. The summed E-state index contributed by atoms with van der Waals surface area (Å²) in [5, 5.41) is 3.70. The van der Waals surface area contributed by atoms with E-state index in [2.05, 4.69) is 90.3 Å². The van der Waals surface area contributed by atoms with E-state index in [1.165, 1.54) is 20.3 Å². The molecule has 0 amide bonds. The van der Waals surface area contributed by atoms with Crippen molar-refractivity contribution in [2.45, 2.75) is 32.7 Å². The molecule has 0 aromatic heterocycles. The molecule has 1 nitrogen and oxygen atoms in total. The average molecular weight is 379 g/mol. The molecule has 0 saturated heterocycles. The highest BCUT2D eigenvalue weighted by Crippen LogP contribution is 2.25. The zero-order valence-electron chi connectivity index (χ0n) is 12.2. The fraction of sp³-hybridized carbons (Fsp3) is 0.333. The first kappa shape index (κ1) is 15.5. The Morgan fingerprint density at radius 1 is 1.05 bits per heavy atom. The molecule has 0 aliphatic rings. The van der Waals surface area contributed by atoms with Gasteiger partial charge in [0.25, 0.3) is 0 Å². The molecular weight excluding hydrogens is 357 g/mol. The minimum Gasteiger partial charge on any atom is -0.310 e. The van der Waals surface area contributed by atoms with Gasteiger partial charge in [0, 0.05) is 9.61 Å². The third-order valence-electron chi connectivity index (χ3n) is 3.52. The highest BCUT2D eigenvalue weighted by molar-refractivity contribution is 14.1. The molecule has 0 bridgehead atoms. The second-order valence-corrected chi connectivity index (χ2v) is 6.25. The summed E-state index contributed by atoms with van der Waals surface area (Å²) in [6.07, 6.45) is 2.20. The molecule has 0 spiro atoms. The molecular formula is C18H22IN. The minimum absolute atomic E-state index is 0.393. The van der Waals surface area contributed by atoms with Crippen LogP contribution >= 0.6 is 22.6 Å². The molecule has 106 valence electrons. The van der Waals surface area contributed by atoms with Crippen LogP contribution in [0.15, 0.2) is 48.5 Å². The van der Waals surface area contributed by atoms with Gasteiger partial charge in [-0.1, -0.05) is 55.5 Å². The van der Waals surface area contributed by atoms with E-state index in [1.54, 1.807) is 0 Å². The lowest BCUT2D eigenvalue weighted by Gasteiger charge is -2.21. The molecule has 1 N–H and O–H groups in total. The maximum Gasteiger partial charge on any atom is 0.0371 e. The van der Waals surface area contributed by atoms with Crippen LogP contribution in [0.1, 0.15) is 36.1 Å². The van der Waals surface area contributed by atoms with E-state index in [0.29, 0.717) is 6.04 Å². The van der Waals surface area contributed by atoms with Crippen LogP contribution in [0.5, 0.6) is 0 Å². The number of halogens is 1. The van der Waals surface area contributed by atoms with Gasteiger partial charge >= 0.3 is 0 Å². The summed E-state index contributed by atoms with van der Waals surface area (Å²) in [6, 6.07) is 17.7. The van der Waals surface area contributed by atoms with Gasteiger partial charge in [0.15, 0.2) is 0 Å².